The van der Waals surface area contributed by atoms with Crippen LogP contribution in [0.4, 0.5) is 4.79 Å². The van der Waals surface area contributed by atoms with Crippen molar-refractivity contribution in [1.29, 1.82) is 0 Å². The highest BCUT2D eigenvalue weighted by atomic mass is 32.1. The van der Waals surface area contributed by atoms with Gasteiger partial charge in [-0.25, -0.2) is 4.79 Å². The Balaban J connectivity index is 1.89. The molecule has 5 heteroatoms. The maximum absolute atomic E-state index is 12.4. The van der Waals surface area contributed by atoms with Gasteiger partial charge in [0, 0.05) is 32.1 Å². The number of thiocarbonyl (C=S) groups is 1. The van der Waals surface area contributed by atoms with Crippen LogP contribution in [-0.2, 0) is 0 Å². The second kappa shape index (κ2) is 5.67. The number of nitrogens with zero attached hydrogens (tertiary/aromatic N) is 2. The van der Waals surface area contributed by atoms with Gasteiger partial charge in [-0.15, -0.1) is 0 Å². The number of hydrogen-bond acceptors (Lipinski definition) is 2. The number of amides is 2. The smallest absolute Gasteiger partial charge is 0.320 e. The summed E-state index contributed by atoms with van der Waals surface area (Å²) in [7, 11) is 0. The zero-order chi connectivity index (χ0) is 12.3. The molecule has 0 unspecified atom stereocenters. The van der Waals surface area contributed by atoms with Crippen molar-refractivity contribution >= 4 is 23.2 Å². The van der Waals surface area contributed by atoms with E-state index < -0.39 is 0 Å². The van der Waals surface area contributed by atoms with Gasteiger partial charge in [0.15, 0.2) is 0 Å². The lowest BCUT2D eigenvalue weighted by Crippen LogP contribution is -2.47. The molecule has 1 heterocycles. The molecule has 2 fully saturated rings. The lowest BCUT2D eigenvalue weighted by atomic mass is 10.1. The molecule has 0 aromatic carbocycles. The lowest BCUT2D eigenvalue weighted by Gasteiger charge is -2.33. The van der Waals surface area contributed by atoms with E-state index in [1.54, 1.807) is 0 Å². The molecule has 0 radical (unpaired) electrons. The van der Waals surface area contributed by atoms with Crippen molar-refractivity contribution < 1.29 is 4.79 Å². The van der Waals surface area contributed by atoms with Crippen LogP contribution in [0.5, 0.6) is 0 Å². The van der Waals surface area contributed by atoms with E-state index in [0.29, 0.717) is 24.0 Å². The van der Waals surface area contributed by atoms with E-state index in [-0.39, 0.29) is 6.03 Å². The van der Waals surface area contributed by atoms with E-state index >= 15 is 0 Å². The fourth-order valence-electron chi connectivity index (χ4n) is 2.32. The van der Waals surface area contributed by atoms with E-state index in [9.17, 15) is 4.79 Å². The first-order chi connectivity index (χ1) is 8.18. The summed E-state index contributed by atoms with van der Waals surface area (Å²) in [4.78, 5) is 16.8. The van der Waals surface area contributed by atoms with Crippen molar-refractivity contribution in [2.45, 2.75) is 44.6 Å². The van der Waals surface area contributed by atoms with E-state index in [0.717, 1.165) is 38.8 Å². The molecule has 2 rings (SSSR count). The van der Waals surface area contributed by atoms with Crippen molar-refractivity contribution in [3.63, 3.8) is 0 Å². The summed E-state index contributed by atoms with van der Waals surface area (Å²) in [5.74, 6) is 0. The summed E-state index contributed by atoms with van der Waals surface area (Å²) < 4.78 is 0. The predicted octanol–water partition coefficient (Wildman–Crippen LogP) is 1.73. The Labute approximate surface area is 108 Å². The Morgan fingerprint density at radius 2 is 1.94 bits per heavy atom. The molecule has 2 N–H and O–H groups in total. The molecule has 0 atom stereocenters. The van der Waals surface area contributed by atoms with Crippen LogP contribution in [0.2, 0.25) is 0 Å². The number of piperidine rings is 1. The fraction of sp³-hybridized carbons (Fsp3) is 0.833. The monoisotopic (exact) mass is 255 g/mol. The topological polar surface area (TPSA) is 49.6 Å². The first-order valence-corrected chi connectivity index (χ1v) is 6.93. The molecule has 4 nitrogen and oxygen atoms in total. The maximum Gasteiger partial charge on any atom is 0.320 e. The SMILES string of the molecule is NC(=S)CCN(C(=O)N1CCCCC1)C1CC1. The van der Waals surface area contributed by atoms with Crippen LogP contribution in [0.1, 0.15) is 38.5 Å². The number of urea groups is 1. The molecule has 0 spiro atoms. The number of likely N-dealkylation sites (tertiary alicyclic amines) is 1. The van der Waals surface area contributed by atoms with Gasteiger partial charge in [0.1, 0.15) is 0 Å². The van der Waals surface area contributed by atoms with Gasteiger partial charge >= 0.3 is 6.03 Å². The Hall–Kier alpha value is -0.840. The Morgan fingerprint density at radius 1 is 1.29 bits per heavy atom. The van der Waals surface area contributed by atoms with Crippen LogP contribution in [0, 0.1) is 0 Å². The molecule has 2 amide bonds. The molecule has 0 aromatic rings. The van der Waals surface area contributed by atoms with Gasteiger partial charge in [-0.2, -0.15) is 0 Å². The molecular weight excluding hydrogens is 234 g/mol. The second-order valence-electron chi connectivity index (χ2n) is 4.97. The summed E-state index contributed by atoms with van der Waals surface area (Å²) >= 11 is 4.89. The molecule has 1 aliphatic carbocycles. The molecule has 2 aliphatic rings. The van der Waals surface area contributed by atoms with Gasteiger partial charge in [0.05, 0.1) is 4.99 Å². The average molecular weight is 255 g/mol. The zero-order valence-electron chi connectivity index (χ0n) is 10.2. The van der Waals surface area contributed by atoms with Crippen LogP contribution in [-0.4, -0.2) is 46.5 Å². The average Bonchev–Trinajstić information content (AvgIpc) is 3.14. The summed E-state index contributed by atoms with van der Waals surface area (Å²) in [5.41, 5.74) is 5.52. The fourth-order valence-corrected chi connectivity index (χ4v) is 2.41. The van der Waals surface area contributed by atoms with Gasteiger partial charge in [-0.05, 0) is 32.1 Å². The molecule has 1 aliphatic heterocycles. The summed E-state index contributed by atoms with van der Waals surface area (Å²) in [6.07, 6.45) is 6.44. The predicted molar refractivity (Wildman–Crippen MR) is 72.0 cm³/mol. The zero-order valence-corrected chi connectivity index (χ0v) is 11.0. The molecule has 1 saturated heterocycles. The lowest BCUT2D eigenvalue weighted by molar-refractivity contribution is 0.142. The molecule has 1 saturated carbocycles. The summed E-state index contributed by atoms with van der Waals surface area (Å²) in [6.45, 7) is 2.51. The molecule has 0 bridgehead atoms. The van der Waals surface area contributed by atoms with Crippen LogP contribution in [0.25, 0.3) is 0 Å². The van der Waals surface area contributed by atoms with Gasteiger partial charge in [-0.1, -0.05) is 12.2 Å². The minimum atomic E-state index is 0.198. The number of carbonyl (C=O) groups is 1. The van der Waals surface area contributed by atoms with Crippen molar-refractivity contribution in [1.82, 2.24) is 9.80 Å². The first kappa shape index (κ1) is 12.6. The van der Waals surface area contributed by atoms with Crippen molar-refractivity contribution in [2.75, 3.05) is 19.6 Å². The van der Waals surface area contributed by atoms with E-state index in [1.165, 1.54) is 6.42 Å². The summed E-state index contributed by atoms with van der Waals surface area (Å²) in [6, 6.07) is 0.641. The number of hydrogen-bond donors (Lipinski definition) is 1. The normalized spacial score (nSPS) is 20.1. The van der Waals surface area contributed by atoms with Crippen LogP contribution in [0.3, 0.4) is 0 Å². The second-order valence-corrected chi connectivity index (χ2v) is 5.50. The largest absolute Gasteiger partial charge is 0.393 e. The van der Waals surface area contributed by atoms with Crippen molar-refractivity contribution in [3.8, 4) is 0 Å². The number of rotatable bonds is 4. The standard InChI is InChI=1S/C12H21N3OS/c13-11(17)6-9-15(10-4-5-10)12(16)14-7-2-1-3-8-14/h10H,1-9H2,(H2,13,17). The Kier molecular flexibility index (Phi) is 4.20. The van der Waals surface area contributed by atoms with Gasteiger partial charge in [0.25, 0.3) is 0 Å². The van der Waals surface area contributed by atoms with Crippen LogP contribution < -0.4 is 5.73 Å². The molecule has 0 aromatic heterocycles. The number of carbonyl (C=O) groups excluding carboxylic acids is 1. The Morgan fingerprint density at radius 3 is 2.47 bits per heavy atom. The third-order valence-corrected chi connectivity index (χ3v) is 3.66. The van der Waals surface area contributed by atoms with Gasteiger partial charge < -0.3 is 15.5 Å². The molecule has 96 valence electrons. The first-order valence-electron chi connectivity index (χ1n) is 6.52. The summed E-state index contributed by atoms with van der Waals surface area (Å²) in [5, 5.41) is 0. The van der Waals surface area contributed by atoms with E-state index in [2.05, 4.69) is 0 Å². The quantitative estimate of drug-likeness (QED) is 0.778. The minimum Gasteiger partial charge on any atom is -0.393 e. The van der Waals surface area contributed by atoms with Crippen LogP contribution >= 0.6 is 12.2 Å². The molecular formula is C12H21N3OS. The van der Waals surface area contributed by atoms with Crippen molar-refractivity contribution in [3.05, 3.63) is 0 Å². The van der Waals surface area contributed by atoms with Gasteiger partial charge in [0.2, 0.25) is 0 Å². The highest BCUT2D eigenvalue weighted by Crippen LogP contribution is 2.28. The van der Waals surface area contributed by atoms with Crippen molar-refractivity contribution in [2.24, 2.45) is 5.73 Å². The Bertz CT molecular complexity index is 298. The third-order valence-electron chi connectivity index (χ3n) is 3.46. The highest BCUT2D eigenvalue weighted by Gasteiger charge is 2.34. The van der Waals surface area contributed by atoms with E-state index in [4.69, 9.17) is 18.0 Å². The number of nitrogens with two attached hydrogens (primary N) is 1. The van der Waals surface area contributed by atoms with E-state index in [1.807, 2.05) is 9.80 Å². The molecule has 17 heavy (non-hydrogen) atoms. The van der Waals surface area contributed by atoms with Gasteiger partial charge in [-0.3, -0.25) is 0 Å². The third kappa shape index (κ3) is 3.56. The highest BCUT2D eigenvalue weighted by molar-refractivity contribution is 7.80. The van der Waals surface area contributed by atoms with Crippen LogP contribution in [0.15, 0.2) is 0 Å². The minimum absolute atomic E-state index is 0.198. The maximum atomic E-state index is 12.4.